The van der Waals surface area contributed by atoms with Crippen molar-refractivity contribution in [2.24, 2.45) is 5.92 Å². The molecule has 1 amide bonds. The molecule has 0 unspecified atom stereocenters. The summed E-state index contributed by atoms with van der Waals surface area (Å²) in [6, 6.07) is 3.65. The predicted octanol–water partition coefficient (Wildman–Crippen LogP) is 3.17. The monoisotopic (exact) mass is 293 g/mol. The van der Waals surface area contributed by atoms with Crippen molar-refractivity contribution >= 4 is 11.9 Å². The van der Waals surface area contributed by atoms with Crippen molar-refractivity contribution in [2.45, 2.75) is 39.2 Å². The van der Waals surface area contributed by atoms with Crippen LogP contribution in [-0.2, 0) is 0 Å². The van der Waals surface area contributed by atoms with E-state index >= 15 is 0 Å². The largest absolute Gasteiger partial charge is 0.478 e. The third-order valence-electron chi connectivity index (χ3n) is 3.64. The van der Waals surface area contributed by atoms with Gasteiger partial charge in [-0.2, -0.15) is 0 Å². The number of hydrogen-bond donors (Lipinski definition) is 1. The Morgan fingerprint density at radius 3 is 2.52 bits per heavy atom. The molecule has 0 heterocycles. The summed E-state index contributed by atoms with van der Waals surface area (Å²) in [6.07, 6.45) is 2.79. The first-order valence-corrected chi connectivity index (χ1v) is 7.24. The van der Waals surface area contributed by atoms with E-state index in [-0.39, 0.29) is 23.1 Å². The Morgan fingerprint density at radius 1 is 1.38 bits per heavy atom. The first-order valence-electron chi connectivity index (χ1n) is 7.24. The zero-order valence-electron chi connectivity index (χ0n) is 12.3. The molecule has 4 nitrogen and oxygen atoms in total. The van der Waals surface area contributed by atoms with Crippen LogP contribution in [0.25, 0.3) is 0 Å². The third kappa shape index (κ3) is 3.80. The number of aromatic carboxylic acids is 1. The van der Waals surface area contributed by atoms with Gasteiger partial charge < -0.3 is 10.0 Å². The number of amides is 1. The van der Waals surface area contributed by atoms with E-state index < -0.39 is 11.8 Å². The van der Waals surface area contributed by atoms with Gasteiger partial charge in [0.25, 0.3) is 5.91 Å². The summed E-state index contributed by atoms with van der Waals surface area (Å²) in [5, 5.41) is 8.83. The molecule has 0 aromatic heterocycles. The van der Waals surface area contributed by atoms with E-state index in [9.17, 15) is 14.0 Å². The van der Waals surface area contributed by atoms with E-state index in [4.69, 9.17) is 5.11 Å². The Bertz CT molecular complexity index is 552. The normalized spacial score (nSPS) is 14.3. The van der Waals surface area contributed by atoms with Crippen LogP contribution in [-0.4, -0.2) is 34.5 Å². The summed E-state index contributed by atoms with van der Waals surface area (Å²) in [7, 11) is 0. The first kappa shape index (κ1) is 15.5. The summed E-state index contributed by atoms with van der Waals surface area (Å²) in [5.74, 6) is -1.84. The minimum absolute atomic E-state index is 0.0457. The van der Waals surface area contributed by atoms with Crippen molar-refractivity contribution in [3.63, 3.8) is 0 Å². The molecule has 0 atom stereocenters. The van der Waals surface area contributed by atoms with Crippen molar-refractivity contribution in [2.75, 3.05) is 6.54 Å². The molecule has 0 aliphatic heterocycles. The van der Waals surface area contributed by atoms with E-state index in [0.29, 0.717) is 12.5 Å². The molecule has 5 heteroatoms. The van der Waals surface area contributed by atoms with Crippen molar-refractivity contribution in [3.05, 3.63) is 35.1 Å². The summed E-state index contributed by atoms with van der Waals surface area (Å²) in [5.41, 5.74) is -0.195. The van der Waals surface area contributed by atoms with E-state index in [1.54, 1.807) is 4.90 Å². The second-order valence-corrected chi connectivity index (χ2v) is 5.91. The van der Waals surface area contributed by atoms with Crippen LogP contribution in [0.3, 0.4) is 0 Å². The SMILES string of the molecule is CC(C)CCN(C(=O)c1ccc(C(=O)O)cc1F)C1CC1. The minimum Gasteiger partial charge on any atom is -0.478 e. The smallest absolute Gasteiger partial charge is 0.335 e. The Balaban J connectivity index is 2.18. The van der Waals surface area contributed by atoms with Gasteiger partial charge in [-0.25, -0.2) is 9.18 Å². The molecule has 0 saturated heterocycles. The fraction of sp³-hybridized carbons (Fsp3) is 0.500. The van der Waals surface area contributed by atoms with Crippen LogP contribution in [0.2, 0.25) is 0 Å². The standard InChI is InChI=1S/C16H20FNO3/c1-10(2)7-8-18(12-4-5-12)15(19)13-6-3-11(16(20)21)9-14(13)17/h3,6,9-10,12H,4-5,7-8H2,1-2H3,(H,20,21). The maximum absolute atomic E-state index is 14.0. The number of hydrogen-bond acceptors (Lipinski definition) is 2. The van der Waals surface area contributed by atoms with Crippen LogP contribution in [0, 0.1) is 11.7 Å². The highest BCUT2D eigenvalue weighted by Crippen LogP contribution is 2.29. The fourth-order valence-corrected chi connectivity index (χ4v) is 2.21. The van der Waals surface area contributed by atoms with Crippen molar-refractivity contribution in [1.29, 1.82) is 0 Å². The summed E-state index contributed by atoms with van der Waals surface area (Å²) in [4.78, 5) is 25.0. The third-order valence-corrected chi connectivity index (χ3v) is 3.64. The Hall–Kier alpha value is -1.91. The molecule has 0 radical (unpaired) electrons. The zero-order valence-corrected chi connectivity index (χ0v) is 12.3. The van der Waals surface area contributed by atoms with Gasteiger partial charge in [0.05, 0.1) is 11.1 Å². The number of rotatable bonds is 6. The van der Waals surface area contributed by atoms with Crippen LogP contribution >= 0.6 is 0 Å². The zero-order chi connectivity index (χ0) is 15.6. The molecule has 1 aliphatic rings. The van der Waals surface area contributed by atoms with Gasteiger partial charge in [0.15, 0.2) is 0 Å². The van der Waals surface area contributed by atoms with Gasteiger partial charge in [0, 0.05) is 12.6 Å². The van der Waals surface area contributed by atoms with Crippen LogP contribution in [0.4, 0.5) is 4.39 Å². The molecule has 1 aromatic carbocycles. The van der Waals surface area contributed by atoms with Gasteiger partial charge in [-0.1, -0.05) is 13.8 Å². The van der Waals surface area contributed by atoms with E-state index in [1.807, 2.05) is 0 Å². The average molecular weight is 293 g/mol. The molecule has 1 aliphatic carbocycles. The van der Waals surface area contributed by atoms with Crippen molar-refractivity contribution in [1.82, 2.24) is 4.90 Å². The molecule has 2 rings (SSSR count). The Kier molecular flexibility index (Phi) is 4.60. The lowest BCUT2D eigenvalue weighted by Gasteiger charge is -2.23. The van der Waals surface area contributed by atoms with Crippen LogP contribution in [0.15, 0.2) is 18.2 Å². The highest BCUT2D eigenvalue weighted by Gasteiger charge is 2.33. The first-order chi connectivity index (χ1) is 9.90. The molecule has 1 aromatic rings. The Morgan fingerprint density at radius 2 is 2.05 bits per heavy atom. The number of carbonyl (C=O) groups is 2. The van der Waals surface area contributed by atoms with Crippen LogP contribution in [0.1, 0.15) is 53.8 Å². The molecule has 0 bridgehead atoms. The molecule has 1 saturated carbocycles. The summed E-state index contributed by atoms with van der Waals surface area (Å²) >= 11 is 0. The number of nitrogens with zero attached hydrogens (tertiary/aromatic N) is 1. The number of carboxylic acids is 1. The molecule has 21 heavy (non-hydrogen) atoms. The number of benzene rings is 1. The Labute approximate surface area is 123 Å². The van der Waals surface area contributed by atoms with Crippen LogP contribution < -0.4 is 0 Å². The van der Waals surface area contributed by atoms with Gasteiger partial charge in [-0.3, -0.25) is 4.79 Å². The highest BCUT2D eigenvalue weighted by molar-refractivity contribution is 5.96. The highest BCUT2D eigenvalue weighted by atomic mass is 19.1. The fourth-order valence-electron chi connectivity index (χ4n) is 2.21. The summed E-state index contributed by atoms with van der Waals surface area (Å²) in [6.45, 7) is 4.77. The predicted molar refractivity (Wildman–Crippen MR) is 76.9 cm³/mol. The molecule has 0 spiro atoms. The molecular formula is C16H20FNO3. The average Bonchev–Trinajstić information content (AvgIpc) is 3.22. The topological polar surface area (TPSA) is 57.6 Å². The number of carbonyl (C=O) groups excluding carboxylic acids is 1. The van der Waals surface area contributed by atoms with Gasteiger partial charge in [0.1, 0.15) is 5.82 Å². The second-order valence-electron chi connectivity index (χ2n) is 5.91. The minimum atomic E-state index is -1.20. The van der Waals surface area contributed by atoms with Crippen molar-refractivity contribution < 1.29 is 19.1 Å². The molecule has 1 fully saturated rings. The molecular weight excluding hydrogens is 273 g/mol. The lowest BCUT2D eigenvalue weighted by Crippen LogP contribution is -2.35. The van der Waals surface area contributed by atoms with Crippen LogP contribution in [0.5, 0.6) is 0 Å². The number of halogens is 1. The van der Waals surface area contributed by atoms with E-state index in [1.165, 1.54) is 12.1 Å². The van der Waals surface area contributed by atoms with Crippen molar-refractivity contribution in [3.8, 4) is 0 Å². The van der Waals surface area contributed by atoms with Gasteiger partial charge in [0.2, 0.25) is 0 Å². The van der Waals surface area contributed by atoms with Gasteiger partial charge >= 0.3 is 5.97 Å². The van der Waals surface area contributed by atoms with Gasteiger partial charge in [-0.15, -0.1) is 0 Å². The van der Waals surface area contributed by atoms with E-state index in [0.717, 1.165) is 25.3 Å². The van der Waals surface area contributed by atoms with E-state index in [2.05, 4.69) is 13.8 Å². The van der Waals surface area contributed by atoms with Gasteiger partial charge in [-0.05, 0) is 43.4 Å². The second kappa shape index (κ2) is 6.24. The lowest BCUT2D eigenvalue weighted by molar-refractivity contribution is 0.0690. The lowest BCUT2D eigenvalue weighted by atomic mass is 10.1. The maximum atomic E-state index is 14.0. The summed E-state index contributed by atoms with van der Waals surface area (Å²) < 4.78 is 14.0. The number of carboxylic acid groups (broad SMARTS) is 1. The quantitative estimate of drug-likeness (QED) is 0.876. The molecule has 114 valence electrons. The molecule has 1 N–H and O–H groups in total. The maximum Gasteiger partial charge on any atom is 0.335 e.